The summed E-state index contributed by atoms with van der Waals surface area (Å²) in [5.41, 5.74) is 2.23. The Morgan fingerprint density at radius 2 is 1.76 bits per heavy atom. The van der Waals surface area contributed by atoms with E-state index < -0.39 is 0 Å². The SMILES string of the molecule is COc1ccc[n+](C)c1C=Cc1ccccc1. The Morgan fingerprint density at radius 3 is 2.47 bits per heavy atom. The van der Waals surface area contributed by atoms with Crippen LogP contribution < -0.4 is 9.30 Å². The number of benzene rings is 1. The first-order valence-electron chi connectivity index (χ1n) is 5.57. The van der Waals surface area contributed by atoms with Gasteiger partial charge in [-0.2, -0.15) is 4.57 Å². The lowest BCUT2D eigenvalue weighted by molar-refractivity contribution is -0.673. The first-order valence-corrected chi connectivity index (χ1v) is 5.57. The number of nitrogens with zero attached hydrogens (tertiary/aromatic N) is 1. The van der Waals surface area contributed by atoms with E-state index in [2.05, 4.69) is 24.3 Å². The van der Waals surface area contributed by atoms with Crippen molar-refractivity contribution in [2.45, 2.75) is 0 Å². The van der Waals surface area contributed by atoms with Crippen molar-refractivity contribution in [1.29, 1.82) is 0 Å². The van der Waals surface area contributed by atoms with Gasteiger partial charge < -0.3 is 4.74 Å². The summed E-state index contributed by atoms with van der Waals surface area (Å²) in [6.45, 7) is 0. The summed E-state index contributed by atoms with van der Waals surface area (Å²) in [6.07, 6.45) is 6.15. The number of methoxy groups -OCH3 is 1. The summed E-state index contributed by atoms with van der Waals surface area (Å²) in [6, 6.07) is 14.2. The van der Waals surface area contributed by atoms with Crippen molar-refractivity contribution in [2.24, 2.45) is 7.05 Å². The highest BCUT2D eigenvalue weighted by Crippen LogP contribution is 2.15. The third-order valence-corrected chi connectivity index (χ3v) is 2.64. The smallest absolute Gasteiger partial charge is 0.247 e. The van der Waals surface area contributed by atoms with Crippen molar-refractivity contribution >= 4 is 12.2 Å². The van der Waals surface area contributed by atoms with Crippen LogP contribution in [-0.4, -0.2) is 7.11 Å². The second-order valence-corrected chi connectivity index (χ2v) is 3.82. The van der Waals surface area contributed by atoms with E-state index in [0.29, 0.717) is 0 Å². The normalized spacial score (nSPS) is 10.7. The Hall–Kier alpha value is -2.09. The van der Waals surface area contributed by atoms with Crippen LogP contribution in [0, 0.1) is 0 Å². The molecule has 0 aliphatic rings. The van der Waals surface area contributed by atoms with Crippen LogP contribution in [0.3, 0.4) is 0 Å². The van der Waals surface area contributed by atoms with Crippen molar-refractivity contribution in [3.05, 3.63) is 59.9 Å². The molecule has 0 bridgehead atoms. The van der Waals surface area contributed by atoms with Gasteiger partial charge in [0.1, 0.15) is 7.05 Å². The molecule has 0 atom stereocenters. The number of aromatic nitrogens is 1. The van der Waals surface area contributed by atoms with E-state index in [-0.39, 0.29) is 0 Å². The van der Waals surface area contributed by atoms with Gasteiger partial charge in [-0.15, -0.1) is 0 Å². The molecule has 1 aromatic carbocycles. The zero-order valence-electron chi connectivity index (χ0n) is 10.1. The van der Waals surface area contributed by atoms with Crippen molar-refractivity contribution in [2.75, 3.05) is 7.11 Å². The van der Waals surface area contributed by atoms with E-state index in [9.17, 15) is 0 Å². The van der Waals surface area contributed by atoms with Gasteiger partial charge >= 0.3 is 0 Å². The summed E-state index contributed by atoms with van der Waals surface area (Å²) in [5, 5.41) is 0. The molecule has 0 amide bonds. The van der Waals surface area contributed by atoms with Crippen molar-refractivity contribution in [1.82, 2.24) is 0 Å². The lowest BCUT2D eigenvalue weighted by Crippen LogP contribution is -2.31. The first kappa shape index (κ1) is 11.4. The molecular formula is C15H16NO+. The Balaban J connectivity index is 2.33. The van der Waals surface area contributed by atoms with Crippen LogP contribution in [0.25, 0.3) is 12.2 Å². The second-order valence-electron chi connectivity index (χ2n) is 3.82. The molecule has 2 heteroatoms. The summed E-state index contributed by atoms with van der Waals surface area (Å²) in [7, 11) is 3.70. The van der Waals surface area contributed by atoms with Gasteiger partial charge in [-0.3, -0.25) is 0 Å². The van der Waals surface area contributed by atoms with Crippen LogP contribution in [0.2, 0.25) is 0 Å². The molecule has 17 heavy (non-hydrogen) atoms. The molecule has 0 N–H and O–H groups in total. The van der Waals surface area contributed by atoms with E-state index >= 15 is 0 Å². The number of rotatable bonds is 3. The van der Waals surface area contributed by atoms with Gasteiger partial charge in [-0.25, -0.2) is 0 Å². The molecule has 0 unspecified atom stereocenters. The third-order valence-electron chi connectivity index (χ3n) is 2.64. The van der Waals surface area contributed by atoms with Crippen LogP contribution in [0.1, 0.15) is 11.3 Å². The monoisotopic (exact) mass is 226 g/mol. The highest BCUT2D eigenvalue weighted by molar-refractivity contribution is 5.69. The van der Waals surface area contributed by atoms with Gasteiger partial charge in [0.2, 0.25) is 5.69 Å². The Morgan fingerprint density at radius 1 is 1.00 bits per heavy atom. The molecule has 0 radical (unpaired) electrons. The average molecular weight is 226 g/mol. The van der Waals surface area contributed by atoms with Crippen molar-refractivity contribution < 1.29 is 9.30 Å². The average Bonchev–Trinajstić information content (AvgIpc) is 2.38. The van der Waals surface area contributed by atoms with Crippen LogP contribution in [0.4, 0.5) is 0 Å². The third kappa shape index (κ3) is 2.72. The Bertz CT molecular complexity index is 518. The maximum atomic E-state index is 5.34. The van der Waals surface area contributed by atoms with Gasteiger partial charge in [-0.05, 0) is 17.7 Å². The summed E-state index contributed by atoms with van der Waals surface area (Å²) in [5.74, 6) is 0.877. The van der Waals surface area contributed by atoms with E-state index in [1.807, 2.05) is 48.1 Å². The fraction of sp³-hybridized carbons (Fsp3) is 0.133. The summed E-state index contributed by atoms with van der Waals surface area (Å²) >= 11 is 0. The van der Waals surface area contributed by atoms with E-state index in [1.165, 1.54) is 5.56 Å². The number of pyridine rings is 1. The number of ether oxygens (including phenoxy) is 1. The van der Waals surface area contributed by atoms with E-state index in [4.69, 9.17) is 4.74 Å². The quantitative estimate of drug-likeness (QED) is 0.733. The molecule has 0 aliphatic heterocycles. The topological polar surface area (TPSA) is 13.1 Å². The maximum absolute atomic E-state index is 5.34. The molecule has 0 aliphatic carbocycles. The fourth-order valence-corrected chi connectivity index (χ4v) is 1.71. The van der Waals surface area contributed by atoms with Gasteiger partial charge in [0.25, 0.3) is 0 Å². The molecule has 0 saturated carbocycles. The molecule has 0 spiro atoms. The molecule has 2 nitrogen and oxygen atoms in total. The Kier molecular flexibility index (Phi) is 3.55. The highest BCUT2D eigenvalue weighted by atomic mass is 16.5. The fourth-order valence-electron chi connectivity index (χ4n) is 1.71. The first-order chi connectivity index (χ1) is 8.31. The molecule has 0 saturated heterocycles. The van der Waals surface area contributed by atoms with Crippen LogP contribution in [-0.2, 0) is 7.05 Å². The predicted octanol–water partition coefficient (Wildman–Crippen LogP) is 2.69. The molecule has 1 aromatic heterocycles. The molecule has 2 rings (SSSR count). The largest absolute Gasteiger partial charge is 0.490 e. The van der Waals surface area contributed by atoms with Gasteiger partial charge in [0.05, 0.1) is 7.11 Å². The van der Waals surface area contributed by atoms with Crippen LogP contribution in [0.15, 0.2) is 48.7 Å². The molecule has 86 valence electrons. The minimum atomic E-state index is 0.877. The van der Waals surface area contributed by atoms with Gasteiger partial charge in [0, 0.05) is 12.1 Å². The van der Waals surface area contributed by atoms with Crippen molar-refractivity contribution in [3.8, 4) is 5.75 Å². The molecular weight excluding hydrogens is 210 g/mol. The van der Waals surface area contributed by atoms with E-state index in [0.717, 1.165) is 11.4 Å². The minimum absolute atomic E-state index is 0.877. The lowest BCUT2D eigenvalue weighted by Gasteiger charge is -2.01. The maximum Gasteiger partial charge on any atom is 0.247 e. The van der Waals surface area contributed by atoms with Crippen LogP contribution >= 0.6 is 0 Å². The highest BCUT2D eigenvalue weighted by Gasteiger charge is 2.09. The number of hydrogen-bond acceptors (Lipinski definition) is 1. The molecule has 1 heterocycles. The van der Waals surface area contributed by atoms with Gasteiger partial charge in [0.15, 0.2) is 11.9 Å². The molecule has 2 aromatic rings. The Labute approximate surface area is 102 Å². The minimum Gasteiger partial charge on any atom is -0.490 e. The number of hydrogen-bond donors (Lipinski definition) is 0. The predicted molar refractivity (Wildman–Crippen MR) is 69.5 cm³/mol. The van der Waals surface area contributed by atoms with Crippen LogP contribution in [0.5, 0.6) is 5.75 Å². The molecule has 0 fully saturated rings. The zero-order chi connectivity index (χ0) is 12.1. The summed E-state index contributed by atoms with van der Waals surface area (Å²) in [4.78, 5) is 0. The lowest BCUT2D eigenvalue weighted by atomic mass is 10.2. The standard InChI is InChI=1S/C15H16NO/c1-16-12-6-9-15(17-2)14(16)11-10-13-7-4-3-5-8-13/h3-12H,1-2H3/q+1. The van der Waals surface area contributed by atoms with Gasteiger partial charge in [-0.1, -0.05) is 30.3 Å². The summed E-state index contributed by atoms with van der Waals surface area (Å²) < 4.78 is 7.38. The van der Waals surface area contributed by atoms with Crippen molar-refractivity contribution in [3.63, 3.8) is 0 Å². The zero-order valence-corrected chi connectivity index (χ0v) is 10.1. The van der Waals surface area contributed by atoms with E-state index in [1.54, 1.807) is 7.11 Å². The number of aryl methyl sites for hydroxylation is 1. The second kappa shape index (κ2) is 5.30.